The van der Waals surface area contributed by atoms with E-state index in [9.17, 15) is 4.79 Å². The Labute approximate surface area is 110 Å². The van der Waals surface area contributed by atoms with Gasteiger partial charge in [0, 0.05) is 11.4 Å². The van der Waals surface area contributed by atoms with Crippen molar-refractivity contribution in [1.29, 1.82) is 0 Å². The molecule has 0 bridgehead atoms. The summed E-state index contributed by atoms with van der Waals surface area (Å²) >= 11 is 1.45. The van der Waals surface area contributed by atoms with E-state index >= 15 is 0 Å². The van der Waals surface area contributed by atoms with Crippen LogP contribution in [0.25, 0.3) is 0 Å². The molecule has 0 aliphatic carbocycles. The van der Waals surface area contributed by atoms with Gasteiger partial charge in [0.1, 0.15) is 5.03 Å². The number of hydrogen-bond donors (Lipinski definition) is 1. The standard InChI is InChI=1S/C14H13NO2S/c1-10-7-8-12(14(16)17)13(15-10)18-9-11-5-3-2-4-6-11/h2-8H,9H2,1H3,(H,16,17). The van der Waals surface area contributed by atoms with Gasteiger partial charge in [-0.25, -0.2) is 9.78 Å². The van der Waals surface area contributed by atoms with Gasteiger partial charge >= 0.3 is 5.97 Å². The Kier molecular flexibility index (Phi) is 3.99. The zero-order valence-corrected chi connectivity index (χ0v) is 10.8. The molecule has 1 heterocycles. The summed E-state index contributed by atoms with van der Waals surface area (Å²) in [6.45, 7) is 1.86. The maximum absolute atomic E-state index is 11.1. The first-order valence-electron chi connectivity index (χ1n) is 5.54. The summed E-state index contributed by atoms with van der Waals surface area (Å²) in [4.78, 5) is 15.4. The number of benzene rings is 1. The van der Waals surface area contributed by atoms with Crippen LogP contribution in [0.4, 0.5) is 0 Å². The molecule has 3 nitrogen and oxygen atoms in total. The van der Waals surface area contributed by atoms with Crippen molar-refractivity contribution >= 4 is 17.7 Å². The number of aromatic nitrogens is 1. The van der Waals surface area contributed by atoms with Crippen LogP contribution in [0, 0.1) is 6.92 Å². The Hall–Kier alpha value is -1.81. The minimum absolute atomic E-state index is 0.265. The van der Waals surface area contributed by atoms with E-state index in [2.05, 4.69) is 4.98 Å². The lowest BCUT2D eigenvalue weighted by Crippen LogP contribution is -2.01. The molecule has 4 heteroatoms. The molecule has 1 aromatic heterocycles. The fourth-order valence-corrected chi connectivity index (χ4v) is 2.55. The van der Waals surface area contributed by atoms with E-state index in [1.807, 2.05) is 37.3 Å². The molecule has 0 spiro atoms. The summed E-state index contributed by atoms with van der Waals surface area (Å²) in [5, 5.41) is 9.68. The number of carboxylic acids is 1. The summed E-state index contributed by atoms with van der Waals surface area (Å²) in [5.41, 5.74) is 2.25. The van der Waals surface area contributed by atoms with Crippen LogP contribution in [0.3, 0.4) is 0 Å². The van der Waals surface area contributed by atoms with Crippen LogP contribution in [0.5, 0.6) is 0 Å². The zero-order chi connectivity index (χ0) is 13.0. The largest absolute Gasteiger partial charge is 0.478 e. The van der Waals surface area contributed by atoms with Gasteiger partial charge in [-0.3, -0.25) is 0 Å². The van der Waals surface area contributed by atoms with E-state index in [4.69, 9.17) is 5.11 Å². The van der Waals surface area contributed by atoms with Crippen molar-refractivity contribution in [2.75, 3.05) is 0 Å². The van der Waals surface area contributed by atoms with E-state index < -0.39 is 5.97 Å². The Balaban J connectivity index is 2.18. The summed E-state index contributed by atoms with van der Waals surface area (Å²) < 4.78 is 0. The minimum Gasteiger partial charge on any atom is -0.478 e. The third-order valence-electron chi connectivity index (χ3n) is 2.45. The van der Waals surface area contributed by atoms with Crippen LogP contribution < -0.4 is 0 Å². The summed E-state index contributed by atoms with van der Waals surface area (Å²) in [6, 6.07) is 13.3. The number of hydrogen-bond acceptors (Lipinski definition) is 3. The first kappa shape index (κ1) is 12.6. The molecule has 0 aliphatic rings. The molecule has 1 aromatic carbocycles. The molecule has 0 fully saturated rings. The average Bonchev–Trinajstić information content (AvgIpc) is 2.37. The second kappa shape index (κ2) is 5.69. The fraction of sp³-hybridized carbons (Fsp3) is 0.143. The number of thioether (sulfide) groups is 1. The number of aryl methyl sites for hydroxylation is 1. The number of carboxylic acid groups (broad SMARTS) is 1. The number of nitrogens with zero attached hydrogens (tertiary/aromatic N) is 1. The molecular formula is C14H13NO2S. The first-order valence-corrected chi connectivity index (χ1v) is 6.53. The van der Waals surface area contributed by atoms with Crippen molar-refractivity contribution in [3.05, 3.63) is 59.3 Å². The Morgan fingerprint density at radius 1 is 1.22 bits per heavy atom. The average molecular weight is 259 g/mol. The molecule has 0 saturated heterocycles. The molecule has 1 N–H and O–H groups in total. The molecule has 0 aliphatic heterocycles. The van der Waals surface area contributed by atoms with Crippen LogP contribution in [0.2, 0.25) is 0 Å². The lowest BCUT2D eigenvalue weighted by Gasteiger charge is -2.06. The van der Waals surface area contributed by atoms with E-state index in [0.717, 1.165) is 17.0 Å². The molecule has 0 radical (unpaired) electrons. The van der Waals surface area contributed by atoms with E-state index in [1.54, 1.807) is 12.1 Å². The first-order chi connectivity index (χ1) is 8.66. The van der Waals surface area contributed by atoms with Crippen molar-refractivity contribution in [1.82, 2.24) is 4.98 Å². The molecule has 2 rings (SSSR count). The molecule has 0 saturated carbocycles. The number of aromatic carboxylic acids is 1. The molecule has 2 aromatic rings. The van der Waals surface area contributed by atoms with Gasteiger partial charge in [0.25, 0.3) is 0 Å². The van der Waals surface area contributed by atoms with Crippen LogP contribution in [0.1, 0.15) is 21.6 Å². The van der Waals surface area contributed by atoms with Crippen molar-refractivity contribution < 1.29 is 9.90 Å². The third-order valence-corrected chi connectivity index (χ3v) is 3.51. The predicted molar refractivity (Wildman–Crippen MR) is 71.9 cm³/mol. The lowest BCUT2D eigenvalue weighted by molar-refractivity contribution is 0.0692. The van der Waals surface area contributed by atoms with Crippen LogP contribution in [-0.2, 0) is 5.75 Å². The minimum atomic E-state index is -0.932. The fourth-order valence-electron chi connectivity index (χ4n) is 1.53. The quantitative estimate of drug-likeness (QED) is 0.855. The third kappa shape index (κ3) is 3.11. The number of pyridine rings is 1. The van der Waals surface area contributed by atoms with Gasteiger partial charge in [-0.2, -0.15) is 0 Å². The van der Waals surface area contributed by atoms with E-state index in [-0.39, 0.29) is 5.56 Å². The maximum atomic E-state index is 11.1. The van der Waals surface area contributed by atoms with Gasteiger partial charge < -0.3 is 5.11 Å². The van der Waals surface area contributed by atoms with E-state index in [0.29, 0.717) is 5.03 Å². The van der Waals surface area contributed by atoms with Gasteiger partial charge in [0.05, 0.1) is 5.56 Å². The highest BCUT2D eigenvalue weighted by Gasteiger charge is 2.12. The molecular weight excluding hydrogens is 246 g/mol. The molecule has 0 atom stereocenters. The molecule has 92 valence electrons. The highest BCUT2D eigenvalue weighted by Crippen LogP contribution is 2.24. The second-order valence-electron chi connectivity index (χ2n) is 3.88. The topological polar surface area (TPSA) is 50.2 Å². The van der Waals surface area contributed by atoms with Gasteiger partial charge in [-0.05, 0) is 24.6 Å². The summed E-state index contributed by atoms with van der Waals surface area (Å²) in [7, 11) is 0. The Morgan fingerprint density at radius 2 is 1.94 bits per heavy atom. The van der Waals surface area contributed by atoms with Crippen molar-refractivity contribution in [3.8, 4) is 0 Å². The highest BCUT2D eigenvalue weighted by atomic mass is 32.2. The maximum Gasteiger partial charge on any atom is 0.338 e. The van der Waals surface area contributed by atoms with Gasteiger partial charge in [-0.1, -0.05) is 30.3 Å². The SMILES string of the molecule is Cc1ccc(C(=O)O)c(SCc2ccccc2)n1. The second-order valence-corrected chi connectivity index (χ2v) is 4.85. The zero-order valence-electron chi connectivity index (χ0n) is 9.96. The van der Waals surface area contributed by atoms with Crippen molar-refractivity contribution in [2.45, 2.75) is 17.7 Å². The number of rotatable bonds is 4. The van der Waals surface area contributed by atoms with Gasteiger partial charge in [0.2, 0.25) is 0 Å². The normalized spacial score (nSPS) is 10.3. The monoisotopic (exact) mass is 259 g/mol. The van der Waals surface area contributed by atoms with Crippen LogP contribution >= 0.6 is 11.8 Å². The van der Waals surface area contributed by atoms with Crippen molar-refractivity contribution in [2.24, 2.45) is 0 Å². The smallest absolute Gasteiger partial charge is 0.338 e. The molecule has 18 heavy (non-hydrogen) atoms. The van der Waals surface area contributed by atoms with Gasteiger partial charge in [0.15, 0.2) is 0 Å². The Bertz CT molecular complexity index is 555. The summed E-state index contributed by atoms with van der Waals surface area (Å²) in [5.74, 6) is -0.213. The molecule has 0 unspecified atom stereocenters. The number of carbonyl (C=O) groups is 1. The highest BCUT2D eigenvalue weighted by molar-refractivity contribution is 7.98. The van der Waals surface area contributed by atoms with E-state index in [1.165, 1.54) is 11.8 Å². The summed E-state index contributed by atoms with van der Waals surface area (Å²) in [6.07, 6.45) is 0. The van der Waals surface area contributed by atoms with Crippen LogP contribution in [0.15, 0.2) is 47.5 Å². The molecule has 0 amide bonds. The lowest BCUT2D eigenvalue weighted by atomic mass is 10.2. The predicted octanol–water partition coefficient (Wildman–Crippen LogP) is 3.38. The van der Waals surface area contributed by atoms with Gasteiger partial charge in [-0.15, -0.1) is 11.8 Å². The Morgan fingerprint density at radius 3 is 2.61 bits per heavy atom. The van der Waals surface area contributed by atoms with Crippen molar-refractivity contribution in [3.63, 3.8) is 0 Å². The van der Waals surface area contributed by atoms with Crippen LogP contribution in [-0.4, -0.2) is 16.1 Å².